The summed E-state index contributed by atoms with van der Waals surface area (Å²) >= 11 is 7.67. The van der Waals surface area contributed by atoms with Gasteiger partial charge in [0.25, 0.3) is 0 Å². The van der Waals surface area contributed by atoms with Gasteiger partial charge in [-0.3, -0.25) is 4.79 Å². The highest BCUT2D eigenvalue weighted by molar-refractivity contribution is 9.11. The highest BCUT2D eigenvalue weighted by Gasteiger charge is 2.21. The van der Waals surface area contributed by atoms with Gasteiger partial charge in [-0.1, -0.05) is 0 Å². The summed E-state index contributed by atoms with van der Waals surface area (Å²) in [7, 11) is 0. The molecule has 0 N–H and O–H groups in total. The van der Waals surface area contributed by atoms with E-state index in [2.05, 4.69) is 20.9 Å². The van der Waals surface area contributed by atoms with E-state index < -0.39 is 0 Å². The molecule has 1 aliphatic heterocycles. The van der Waals surface area contributed by atoms with Crippen LogP contribution < -0.4 is 0 Å². The van der Waals surface area contributed by atoms with Crippen LogP contribution in [-0.4, -0.2) is 15.7 Å². The van der Waals surface area contributed by atoms with Crippen LogP contribution in [0.15, 0.2) is 26.6 Å². The fourth-order valence-electron chi connectivity index (χ4n) is 1.02. The summed E-state index contributed by atoms with van der Waals surface area (Å²) in [5, 5.41) is 0.0314. The molecule has 0 aromatic carbocycles. The van der Waals surface area contributed by atoms with Crippen molar-refractivity contribution in [2.45, 2.75) is 0 Å². The van der Waals surface area contributed by atoms with E-state index in [4.69, 9.17) is 0 Å². The maximum atomic E-state index is 11.5. The summed E-state index contributed by atoms with van der Waals surface area (Å²) in [5.41, 5.74) is 0.540. The molecule has 0 saturated heterocycles. The molecular formula is C9H6BrNOS3. The first-order chi connectivity index (χ1) is 7.19. The van der Waals surface area contributed by atoms with Crippen molar-refractivity contribution in [3.63, 3.8) is 0 Å². The molecular weight excluding hydrogens is 314 g/mol. The Hall–Kier alpha value is -0.0400. The van der Waals surface area contributed by atoms with Crippen molar-refractivity contribution >= 4 is 66.4 Å². The van der Waals surface area contributed by atoms with Crippen molar-refractivity contribution in [3.05, 3.63) is 26.5 Å². The number of thiophene rings is 1. The second kappa shape index (κ2) is 4.86. The van der Waals surface area contributed by atoms with Crippen molar-refractivity contribution in [3.8, 4) is 0 Å². The quantitative estimate of drug-likeness (QED) is 0.736. The summed E-state index contributed by atoms with van der Waals surface area (Å²) < 4.78 is 1.88. The molecule has 0 radical (unpaired) electrons. The van der Waals surface area contributed by atoms with Gasteiger partial charge in [-0.15, -0.1) is 23.1 Å². The molecule has 2 nitrogen and oxygen atoms in total. The summed E-state index contributed by atoms with van der Waals surface area (Å²) in [5.74, 6) is 0. The van der Waals surface area contributed by atoms with E-state index in [0.29, 0.717) is 5.70 Å². The Morgan fingerprint density at radius 3 is 2.87 bits per heavy atom. The van der Waals surface area contributed by atoms with Crippen molar-refractivity contribution in [1.29, 1.82) is 0 Å². The van der Waals surface area contributed by atoms with E-state index in [1.165, 1.54) is 23.5 Å². The zero-order valence-electron chi connectivity index (χ0n) is 7.69. The normalized spacial score (nSPS) is 18.7. The van der Waals surface area contributed by atoms with Crippen molar-refractivity contribution < 1.29 is 4.79 Å². The minimum atomic E-state index is 0.0314. The molecule has 2 rings (SSSR count). The number of halogens is 1. The Balaban J connectivity index is 2.27. The number of hydrogen-bond donors (Lipinski definition) is 0. The lowest BCUT2D eigenvalue weighted by Crippen LogP contribution is -1.86. The fourth-order valence-corrected chi connectivity index (χ4v) is 3.64. The summed E-state index contributed by atoms with van der Waals surface area (Å²) in [6.45, 7) is 0. The number of rotatable bonds is 1. The molecule has 6 heteroatoms. The molecule has 15 heavy (non-hydrogen) atoms. The number of thioether (sulfide) groups is 2. The Morgan fingerprint density at radius 1 is 1.53 bits per heavy atom. The maximum Gasteiger partial charge on any atom is 0.244 e. The highest BCUT2D eigenvalue weighted by Crippen LogP contribution is 2.31. The fraction of sp³-hybridized carbons (Fsp3) is 0.111. The lowest BCUT2D eigenvalue weighted by Gasteiger charge is -1.87. The smallest absolute Gasteiger partial charge is 0.244 e. The monoisotopic (exact) mass is 319 g/mol. The molecule has 0 fully saturated rings. The largest absolute Gasteiger partial charge is 0.279 e. The van der Waals surface area contributed by atoms with E-state index in [1.807, 2.05) is 24.5 Å². The topological polar surface area (TPSA) is 29.4 Å². The van der Waals surface area contributed by atoms with Crippen LogP contribution in [-0.2, 0) is 4.79 Å². The Labute approximate surface area is 108 Å². The summed E-state index contributed by atoms with van der Waals surface area (Å²) in [6.07, 6.45) is 3.75. The van der Waals surface area contributed by atoms with Gasteiger partial charge >= 0.3 is 0 Å². The minimum absolute atomic E-state index is 0.0314. The zero-order chi connectivity index (χ0) is 10.8. The van der Waals surface area contributed by atoms with Gasteiger partial charge < -0.3 is 0 Å². The van der Waals surface area contributed by atoms with Gasteiger partial charge in [0.1, 0.15) is 10.1 Å². The van der Waals surface area contributed by atoms with E-state index in [0.717, 1.165) is 13.0 Å². The van der Waals surface area contributed by atoms with Crippen LogP contribution in [0.5, 0.6) is 0 Å². The van der Waals surface area contributed by atoms with Crippen LogP contribution in [0.25, 0.3) is 6.08 Å². The minimum Gasteiger partial charge on any atom is -0.279 e. The number of hydrogen-bond acceptors (Lipinski definition) is 5. The third-order valence-electron chi connectivity index (χ3n) is 1.65. The lowest BCUT2D eigenvalue weighted by molar-refractivity contribution is -0.107. The van der Waals surface area contributed by atoms with Crippen LogP contribution >= 0.6 is 50.8 Å². The number of carbonyl (C=O) groups is 1. The van der Waals surface area contributed by atoms with Gasteiger partial charge in [0.2, 0.25) is 5.12 Å². The molecule has 78 valence electrons. The van der Waals surface area contributed by atoms with Crippen LogP contribution in [0.2, 0.25) is 0 Å². The van der Waals surface area contributed by atoms with Gasteiger partial charge in [0.05, 0.1) is 3.79 Å². The second-order valence-electron chi connectivity index (χ2n) is 2.64. The molecule has 0 unspecified atom stereocenters. The maximum absolute atomic E-state index is 11.5. The molecule has 0 aliphatic carbocycles. The van der Waals surface area contributed by atoms with Crippen LogP contribution in [0.4, 0.5) is 0 Å². The van der Waals surface area contributed by atoms with Gasteiger partial charge in [-0.2, -0.15) is 0 Å². The standard InChI is InChI=1S/C9H6BrNOS3/c1-13-9-11-6(8(12)15-9)4-5-2-3-7(10)14-5/h2-4H,1H3. The van der Waals surface area contributed by atoms with Gasteiger partial charge in [-0.05, 0) is 52.2 Å². The van der Waals surface area contributed by atoms with Crippen molar-refractivity contribution in [1.82, 2.24) is 0 Å². The molecule has 1 aliphatic rings. The first-order valence-electron chi connectivity index (χ1n) is 4.01. The first-order valence-corrected chi connectivity index (χ1v) is 7.66. The molecule has 1 aromatic rings. The third-order valence-corrected chi connectivity index (χ3v) is 5.07. The molecule has 0 bridgehead atoms. The highest BCUT2D eigenvalue weighted by atomic mass is 79.9. The SMILES string of the molecule is CSC1=NC(=Cc2ccc(Br)s2)C(=O)S1. The van der Waals surface area contributed by atoms with Crippen LogP contribution in [0.3, 0.4) is 0 Å². The zero-order valence-corrected chi connectivity index (χ0v) is 11.7. The van der Waals surface area contributed by atoms with E-state index in [1.54, 1.807) is 11.3 Å². The predicted molar refractivity (Wildman–Crippen MR) is 73.5 cm³/mol. The summed E-state index contributed by atoms with van der Waals surface area (Å²) in [4.78, 5) is 16.8. The average molecular weight is 320 g/mol. The van der Waals surface area contributed by atoms with Crippen molar-refractivity contribution in [2.75, 3.05) is 6.26 Å². The average Bonchev–Trinajstić information content (AvgIpc) is 2.75. The van der Waals surface area contributed by atoms with E-state index >= 15 is 0 Å². The lowest BCUT2D eigenvalue weighted by atomic mass is 10.4. The van der Waals surface area contributed by atoms with E-state index in [9.17, 15) is 4.79 Å². The van der Waals surface area contributed by atoms with Crippen LogP contribution in [0, 0.1) is 0 Å². The molecule has 1 aromatic heterocycles. The van der Waals surface area contributed by atoms with Gasteiger partial charge in [0.15, 0.2) is 0 Å². The molecule has 0 spiro atoms. The number of aliphatic imine (C=N–C) groups is 1. The molecule has 0 saturated carbocycles. The summed E-state index contributed by atoms with van der Waals surface area (Å²) in [6, 6.07) is 3.93. The molecule has 0 amide bonds. The van der Waals surface area contributed by atoms with Crippen molar-refractivity contribution in [2.24, 2.45) is 4.99 Å². The van der Waals surface area contributed by atoms with Gasteiger partial charge in [-0.25, -0.2) is 4.99 Å². The number of nitrogens with zero attached hydrogens (tertiary/aromatic N) is 1. The predicted octanol–water partition coefficient (Wildman–Crippen LogP) is 3.84. The Bertz CT molecular complexity index is 464. The first kappa shape index (κ1) is 11.4. The van der Waals surface area contributed by atoms with E-state index in [-0.39, 0.29) is 5.12 Å². The molecule has 2 heterocycles. The second-order valence-corrected chi connectivity index (χ2v) is 7.15. The third kappa shape index (κ3) is 2.75. The Kier molecular flexibility index (Phi) is 3.71. The molecule has 0 atom stereocenters. The van der Waals surface area contributed by atoms with Crippen LogP contribution in [0.1, 0.15) is 4.88 Å². The van der Waals surface area contributed by atoms with Gasteiger partial charge in [0, 0.05) is 4.88 Å². The Morgan fingerprint density at radius 2 is 2.33 bits per heavy atom. The number of carbonyl (C=O) groups excluding carboxylic acids is 1.